The molecule has 0 amide bonds. The number of benzene rings is 2. The maximum absolute atomic E-state index is 11.9. The first-order valence-electron chi connectivity index (χ1n) is 8.41. The van der Waals surface area contributed by atoms with Crippen LogP contribution in [0.3, 0.4) is 0 Å². The lowest BCUT2D eigenvalue weighted by Crippen LogP contribution is -2.43. The van der Waals surface area contributed by atoms with Crippen molar-refractivity contribution in [3.8, 4) is 0 Å². The van der Waals surface area contributed by atoms with Crippen molar-refractivity contribution in [3.05, 3.63) is 71.8 Å². The van der Waals surface area contributed by atoms with Crippen molar-refractivity contribution in [2.75, 3.05) is 19.7 Å². The molecule has 2 atom stereocenters. The standard InChI is InChI=1S/C19H23NO4S/c21-25(22,23)19(17-9-5-2-6-10-17)13-18-15-20(11-12-24-18)14-16-7-3-1-4-8-16/h1-10,18-19H,11-15H2,(H,21,22,23)/t18-,19+/m0/s1. The van der Waals surface area contributed by atoms with E-state index in [9.17, 15) is 13.0 Å². The van der Waals surface area contributed by atoms with Crippen molar-refractivity contribution in [1.29, 1.82) is 0 Å². The lowest BCUT2D eigenvalue weighted by atomic mass is 10.0. The van der Waals surface area contributed by atoms with Gasteiger partial charge in [0.05, 0.1) is 12.7 Å². The molecule has 2 aromatic carbocycles. The van der Waals surface area contributed by atoms with Gasteiger partial charge in [-0.05, 0) is 17.5 Å². The second-order valence-electron chi connectivity index (χ2n) is 6.36. The molecule has 25 heavy (non-hydrogen) atoms. The summed E-state index contributed by atoms with van der Waals surface area (Å²) >= 11 is 0. The third-order valence-corrected chi connectivity index (χ3v) is 5.66. The van der Waals surface area contributed by atoms with Gasteiger partial charge in [0.25, 0.3) is 10.1 Å². The second-order valence-corrected chi connectivity index (χ2v) is 7.96. The zero-order valence-electron chi connectivity index (χ0n) is 14.0. The van der Waals surface area contributed by atoms with Crippen LogP contribution in [0.5, 0.6) is 0 Å². The molecule has 0 spiro atoms. The van der Waals surface area contributed by atoms with Crippen LogP contribution in [0.15, 0.2) is 60.7 Å². The Morgan fingerprint density at radius 3 is 2.36 bits per heavy atom. The molecule has 1 aliphatic rings. The van der Waals surface area contributed by atoms with Gasteiger partial charge in [0.2, 0.25) is 0 Å². The molecule has 0 unspecified atom stereocenters. The van der Waals surface area contributed by atoms with Crippen molar-refractivity contribution in [2.24, 2.45) is 0 Å². The van der Waals surface area contributed by atoms with E-state index in [1.165, 1.54) is 5.56 Å². The molecular formula is C19H23NO4S. The smallest absolute Gasteiger partial charge is 0.272 e. The van der Waals surface area contributed by atoms with E-state index >= 15 is 0 Å². The highest BCUT2D eigenvalue weighted by molar-refractivity contribution is 7.86. The Kier molecular flexibility index (Phi) is 5.86. The maximum Gasteiger partial charge on any atom is 0.272 e. The van der Waals surface area contributed by atoms with Crippen LogP contribution < -0.4 is 0 Å². The molecule has 1 aliphatic heterocycles. The van der Waals surface area contributed by atoms with E-state index in [0.717, 1.165) is 13.1 Å². The van der Waals surface area contributed by atoms with Gasteiger partial charge in [-0.3, -0.25) is 9.45 Å². The molecule has 0 bridgehead atoms. The van der Waals surface area contributed by atoms with E-state index in [1.54, 1.807) is 24.3 Å². The van der Waals surface area contributed by atoms with Crippen LogP contribution in [0.4, 0.5) is 0 Å². The summed E-state index contributed by atoms with van der Waals surface area (Å²) in [7, 11) is -4.19. The van der Waals surface area contributed by atoms with Gasteiger partial charge in [-0.2, -0.15) is 8.42 Å². The van der Waals surface area contributed by atoms with E-state index in [4.69, 9.17) is 4.74 Å². The van der Waals surface area contributed by atoms with Gasteiger partial charge in [0.1, 0.15) is 5.25 Å². The van der Waals surface area contributed by atoms with Crippen LogP contribution in [0.2, 0.25) is 0 Å². The van der Waals surface area contributed by atoms with E-state index < -0.39 is 15.4 Å². The SMILES string of the molecule is O=S(=O)(O)[C@H](C[C@H]1CN(Cc2ccccc2)CCO1)c1ccccc1. The Labute approximate surface area is 149 Å². The summed E-state index contributed by atoms with van der Waals surface area (Å²) < 4.78 is 39.2. The molecule has 134 valence electrons. The fourth-order valence-electron chi connectivity index (χ4n) is 3.24. The van der Waals surface area contributed by atoms with Gasteiger partial charge >= 0.3 is 0 Å². The predicted octanol–water partition coefficient (Wildman–Crippen LogP) is 2.91. The Morgan fingerprint density at radius 1 is 1.08 bits per heavy atom. The molecule has 5 nitrogen and oxygen atoms in total. The molecule has 6 heteroatoms. The highest BCUT2D eigenvalue weighted by atomic mass is 32.2. The van der Waals surface area contributed by atoms with Gasteiger partial charge in [-0.25, -0.2) is 0 Å². The van der Waals surface area contributed by atoms with Crippen molar-refractivity contribution < 1.29 is 17.7 Å². The molecule has 1 fully saturated rings. The summed E-state index contributed by atoms with van der Waals surface area (Å²) in [6.45, 7) is 2.83. The van der Waals surface area contributed by atoms with Crippen molar-refractivity contribution in [2.45, 2.75) is 24.3 Å². The lowest BCUT2D eigenvalue weighted by molar-refractivity contribution is -0.0354. The van der Waals surface area contributed by atoms with Crippen LogP contribution in [-0.4, -0.2) is 43.7 Å². The molecular weight excluding hydrogens is 338 g/mol. The lowest BCUT2D eigenvalue weighted by Gasteiger charge is -2.34. The molecule has 0 saturated carbocycles. The highest BCUT2D eigenvalue weighted by Crippen LogP contribution is 2.28. The number of hydrogen-bond donors (Lipinski definition) is 1. The first kappa shape index (κ1) is 18.1. The van der Waals surface area contributed by atoms with Crippen molar-refractivity contribution in [1.82, 2.24) is 4.90 Å². The quantitative estimate of drug-likeness (QED) is 0.802. The molecule has 0 aliphatic carbocycles. The first-order chi connectivity index (χ1) is 12.0. The van der Waals surface area contributed by atoms with Gasteiger partial charge in [-0.1, -0.05) is 60.7 Å². The fraction of sp³-hybridized carbons (Fsp3) is 0.368. The van der Waals surface area contributed by atoms with E-state index in [-0.39, 0.29) is 12.5 Å². The minimum absolute atomic E-state index is 0.232. The number of morpholine rings is 1. The van der Waals surface area contributed by atoms with Gasteiger partial charge in [-0.15, -0.1) is 0 Å². The maximum atomic E-state index is 11.9. The monoisotopic (exact) mass is 361 g/mol. The Balaban J connectivity index is 1.68. The number of rotatable bonds is 6. The summed E-state index contributed by atoms with van der Waals surface area (Å²) in [5.74, 6) is 0. The zero-order valence-corrected chi connectivity index (χ0v) is 14.8. The van der Waals surface area contributed by atoms with Crippen molar-refractivity contribution >= 4 is 10.1 Å². The van der Waals surface area contributed by atoms with Crippen LogP contribution in [0.1, 0.15) is 22.8 Å². The predicted molar refractivity (Wildman–Crippen MR) is 96.8 cm³/mol. The average Bonchev–Trinajstić information content (AvgIpc) is 2.61. The summed E-state index contributed by atoms with van der Waals surface area (Å²) in [6.07, 6.45) is 0.0123. The third kappa shape index (κ3) is 5.12. The molecule has 3 rings (SSSR count). The zero-order chi connectivity index (χ0) is 17.7. The van der Waals surface area contributed by atoms with Gasteiger partial charge < -0.3 is 4.74 Å². The number of nitrogens with zero attached hydrogens (tertiary/aromatic N) is 1. The largest absolute Gasteiger partial charge is 0.375 e. The van der Waals surface area contributed by atoms with Crippen molar-refractivity contribution in [3.63, 3.8) is 0 Å². The molecule has 2 aromatic rings. The Morgan fingerprint density at radius 2 is 1.72 bits per heavy atom. The summed E-state index contributed by atoms with van der Waals surface area (Å²) in [5, 5.41) is -0.963. The molecule has 0 aromatic heterocycles. The normalized spacial score (nSPS) is 20.3. The summed E-state index contributed by atoms with van der Waals surface area (Å²) in [4.78, 5) is 2.26. The van der Waals surface area contributed by atoms with Crippen LogP contribution in [0, 0.1) is 0 Å². The van der Waals surface area contributed by atoms with Gasteiger partial charge in [0.15, 0.2) is 0 Å². The topological polar surface area (TPSA) is 66.8 Å². The average molecular weight is 361 g/mol. The minimum atomic E-state index is -4.19. The Bertz CT molecular complexity index is 765. The summed E-state index contributed by atoms with van der Waals surface area (Å²) in [6, 6.07) is 19.0. The first-order valence-corrected chi connectivity index (χ1v) is 9.92. The Hall–Kier alpha value is -1.73. The molecule has 1 heterocycles. The van der Waals surface area contributed by atoms with E-state index in [1.807, 2.05) is 24.3 Å². The minimum Gasteiger partial charge on any atom is -0.375 e. The second kappa shape index (κ2) is 8.10. The number of hydrogen-bond acceptors (Lipinski definition) is 4. The van der Waals surface area contributed by atoms with Crippen LogP contribution >= 0.6 is 0 Å². The van der Waals surface area contributed by atoms with E-state index in [0.29, 0.717) is 18.7 Å². The molecule has 1 saturated heterocycles. The summed E-state index contributed by atoms with van der Waals surface area (Å²) in [5.41, 5.74) is 1.81. The molecule has 0 radical (unpaired) electrons. The van der Waals surface area contributed by atoms with E-state index in [2.05, 4.69) is 17.0 Å². The number of ether oxygens (including phenoxy) is 1. The third-order valence-electron chi connectivity index (χ3n) is 4.48. The van der Waals surface area contributed by atoms with Crippen LogP contribution in [-0.2, 0) is 21.4 Å². The van der Waals surface area contributed by atoms with Gasteiger partial charge in [0, 0.05) is 19.6 Å². The fourth-order valence-corrected chi connectivity index (χ4v) is 4.20. The highest BCUT2D eigenvalue weighted by Gasteiger charge is 2.31. The van der Waals surface area contributed by atoms with Crippen LogP contribution in [0.25, 0.3) is 0 Å². The molecule has 1 N–H and O–H groups in total.